The lowest BCUT2D eigenvalue weighted by molar-refractivity contribution is -0.117. The van der Waals surface area contributed by atoms with Gasteiger partial charge in [0.15, 0.2) is 0 Å². The van der Waals surface area contributed by atoms with Crippen LogP contribution in [-0.4, -0.2) is 49.8 Å². The van der Waals surface area contributed by atoms with Crippen molar-refractivity contribution in [2.24, 2.45) is 0 Å². The molecule has 0 saturated carbocycles. The van der Waals surface area contributed by atoms with E-state index in [1.165, 1.54) is 0 Å². The number of thioether (sulfide) groups is 1. The molecule has 104 valence electrons. The van der Waals surface area contributed by atoms with Gasteiger partial charge >= 0.3 is 0 Å². The summed E-state index contributed by atoms with van der Waals surface area (Å²) in [4.78, 5) is 15.3. The third kappa shape index (κ3) is 3.96. The molecule has 4 nitrogen and oxygen atoms in total. The average Bonchev–Trinajstić information content (AvgIpc) is 2.93. The zero-order valence-corrected chi connectivity index (χ0v) is 12.3. The second kappa shape index (κ2) is 6.93. The molecule has 1 amide bonds. The number of nitrogens with one attached hydrogen (secondary N) is 2. The first-order valence-electron chi connectivity index (χ1n) is 6.54. The number of nitrogens with zero attached hydrogens (tertiary/aromatic N) is 1. The summed E-state index contributed by atoms with van der Waals surface area (Å²) in [5.74, 6) is 0.0518. The van der Waals surface area contributed by atoms with Crippen molar-refractivity contribution in [1.82, 2.24) is 10.2 Å². The first kappa shape index (κ1) is 14.4. The van der Waals surface area contributed by atoms with Crippen molar-refractivity contribution >= 4 is 23.4 Å². The van der Waals surface area contributed by atoms with Gasteiger partial charge in [-0.15, -0.1) is 11.8 Å². The number of amides is 1. The molecule has 19 heavy (non-hydrogen) atoms. The fourth-order valence-electron chi connectivity index (χ4n) is 2.31. The quantitative estimate of drug-likeness (QED) is 0.804. The van der Waals surface area contributed by atoms with Crippen LogP contribution in [0.25, 0.3) is 0 Å². The molecule has 1 aliphatic rings. The van der Waals surface area contributed by atoms with Gasteiger partial charge in [0.25, 0.3) is 0 Å². The van der Waals surface area contributed by atoms with E-state index in [0.717, 1.165) is 30.1 Å². The largest absolute Gasteiger partial charge is 0.324 e. The molecule has 0 aromatic heterocycles. The summed E-state index contributed by atoms with van der Waals surface area (Å²) in [5, 5.41) is 6.31. The Bertz CT molecular complexity index is 432. The van der Waals surface area contributed by atoms with Crippen molar-refractivity contribution in [2.75, 3.05) is 38.3 Å². The minimum Gasteiger partial charge on any atom is -0.324 e. The highest BCUT2D eigenvalue weighted by atomic mass is 32.2. The van der Waals surface area contributed by atoms with E-state index in [1.54, 1.807) is 11.8 Å². The van der Waals surface area contributed by atoms with Gasteiger partial charge in [0.1, 0.15) is 0 Å². The van der Waals surface area contributed by atoms with E-state index in [9.17, 15) is 4.79 Å². The van der Waals surface area contributed by atoms with E-state index in [-0.39, 0.29) is 5.91 Å². The normalized spacial score (nSPS) is 18.8. The number of hydrogen-bond acceptors (Lipinski definition) is 4. The molecule has 1 saturated heterocycles. The summed E-state index contributed by atoms with van der Waals surface area (Å²) in [7, 11) is 2.01. The summed E-state index contributed by atoms with van der Waals surface area (Å²) in [6.45, 7) is 2.46. The molecule has 2 rings (SSSR count). The average molecular weight is 279 g/mol. The Morgan fingerprint density at radius 3 is 3.00 bits per heavy atom. The van der Waals surface area contributed by atoms with Crippen LogP contribution in [-0.2, 0) is 4.79 Å². The van der Waals surface area contributed by atoms with Gasteiger partial charge < -0.3 is 10.6 Å². The molecule has 1 fully saturated rings. The second-order valence-corrected chi connectivity index (χ2v) is 5.66. The van der Waals surface area contributed by atoms with Gasteiger partial charge in [-0.05, 0) is 38.4 Å². The number of hydrogen-bond donors (Lipinski definition) is 2. The highest BCUT2D eigenvalue weighted by Crippen LogP contribution is 2.24. The summed E-state index contributed by atoms with van der Waals surface area (Å²) in [6, 6.07) is 8.37. The topological polar surface area (TPSA) is 44.4 Å². The minimum atomic E-state index is 0.0518. The van der Waals surface area contributed by atoms with Crippen molar-refractivity contribution in [3.05, 3.63) is 24.3 Å². The van der Waals surface area contributed by atoms with Gasteiger partial charge in [-0.3, -0.25) is 9.69 Å². The molecule has 0 aliphatic carbocycles. The number of carbonyl (C=O) groups is 1. The zero-order chi connectivity index (χ0) is 13.7. The Kier molecular flexibility index (Phi) is 5.24. The van der Waals surface area contributed by atoms with E-state index < -0.39 is 0 Å². The molecule has 1 atom stereocenters. The smallest absolute Gasteiger partial charge is 0.238 e. The molecule has 0 bridgehead atoms. The maximum absolute atomic E-state index is 12.1. The van der Waals surface area contributed by atoms with Crippen molar-refractivity contribution in [2.45, 2.75) is 17.4 Å². The molecular weight excluding hydrogens is 258 g/mol. The van der Waals surface area contributed by atoms with Crippen molar-refractivity contribution in [3.63, 3.8) is 0 Å². The van der Waals surface area contributed by atoms with Gasteiger partial charge in [-0.2, -0.15) is 0 Å². The van der Waals surface area contributed by atoms with Crippen LogP contribution in [0.15, 0.2) is 29.2 Å². The number of anilines is 1. The standard InChI is InChI=1S/C14H21N3OS/c1-17(11-7-8-15-9-11)10-14(18)16-12-5-3-4-6-13(12)19-2/h3-6,11,15H,7-10H2,1-2H3,(H,16,18). The lowest BCUT2D eigenvalue weighted by Crippen LogP contribution is -2.39. The van der Waals surface area contributed by atoms with E-state index in [4.69, 9.17) is 0 Å². The maximum atomic E-state index is 12.1. The number of benzene rings is 1. The number of para-hydroxylation sites is 1. The fraction of sp³-hybridized carbons (Fsp3) is 0.500. The monoisotopic (exact) mass is 279 g/mol. The van der Waals surface area contributed by atoms with Crippen LogP contribution >= 0.6 is 11.8 Å². The molecule has 0 spiro atoms. The highest BCUT2D eigenvalue weighted by Gasteiger charge is 2.20. The number of carbonyl (C=O) groups excluding carboxylic acids is 1. The van der Waals surface area contributed by atoms with Crippen LogP contribution in [0.4, 0.5) is 5.69 Å². The molecule has 1 aliphatic heterocycles. The molecule has 1 aromatic rings. The minimum absolute atomic E-state index is 0.0518. The van der Waals surface area contributed by atoms with E-state index in [2.05, 4.69) is 15.5 Å². The van der Waals surface area contributed by atoms with Gasteiger partial charge in [-0.25, -0.2) is 0 Å². The first-order chi connectivity index (χ1) is 9.20. The zero-order valence-electron chi connectivity index (χ0n) is 11.5. The number of likely N-dealkylation sites (N-methyl/N-ethyl adjacent to an activating group) is 1. The third-order valence-corrected chi connectivity index (χ3v) is 4.23. The summed E-state index contributed by atoms with van der Waals surface area (Å²) < 4.78 is 0. The highest BCUT2D eigenvalue weighted by molar-refractivity contribution is 7.98. The summed E-state index contributed by atoms with van der Waals surface area (Å²) in [5.41, 5.74) is 0.901. The van der Waals surface area contributed by atoms with Crippen LogP contribution in [0.5, 0.6) is 0 Å². The van der Waals surface area contributed by atoms with Gasteiger partial charge in [-0.1, -0.05) is 12.1 Å². The molecule has 1 unspecified atom stereocenters. The van der Waals surface area contributed by atoms with Crippen molar-refractivity contribution < 1.29 is 4.79 Å². The van der Waals surface area contributed by atoms with E-state index in [0.29, 0.717) is 12.6 Å². The second-order valence-electron chi connectivity index (χ2n) is 4.81. The summed E-state index contributed by atoms with van der Waals surface area (Å²) >= 11 is 1.64. The van der Waals surface area contributed by atoms with Crippen LogP contribution in [0.1, 0.15) is 6.42 Å². The molecule has 1 aromatic carbocycles. The molecule has 1 heterocycles. The van der Waals surface area contributed by atoms with Crippen LogP contribution < -0.4 is 10.6 Å². The predicted molar refractivity (Wildman–Crippen MR) is 80.8 cm³/mol. The SMILES string of the molecule is CSc1ccccc1NC(=O)CN(C)C1CCNC1. The van der Waals surface area contributed by atoms with Gasteiger partial charge in [0, 0.05) is 17.5 Å². The van der Waals surface area contributed by atoms with E-state index in [1.807, 2.05) is 37.6 Å². The maximum Gasteiger partial charge on any atom is 0.238 e. The van der Waals surface area contributed by atoms with Crippen molar-refractivity contribution in [3.8, 4) is 0 Å². The molecule has 5 heteroatoms. The molecule has 2 N–H and O–H groups in total. The van der Waals surface area contributed by atoms with Crippen LogP contribution in [0.2, 0.25) is 0 Å². The lowest BCUT2D eigenvalue weighted by Gasteiger charge is -2.22. The Hall–Kier alpha value is -1.04. The Morgan fingerprint density at radius 2 is 2.32 bits per heavy atom. The number of rotatable bonds is 5. The van der Waals surface area contributed by atoms with Gasteiger partial charge in [0.05, 0.1) is 12.2 Å². The predicted octanol–water partition coefficient (Wildman–Crippen LogP) is 1.64. The lowest BCUT2D eigenvalue weighted by atomic mass is 10.2. The molecular formula is C14H21N3OS. The van der Waals surface area contributed by atoms with Gasteiger partial charge in [0.2, 0.25) is 5.91 Å². The van der Waals surface area contributed by atoms with Crippen molar-refractivity contribution in [1.29, 1.82) is 0 Å². The van der Waals surface area contributed by atoms with Crippen LogP contribution in [0.3, 0.4) is 0 Å². The Labute approximate surface area is 118 Å². The Balaban J connectivity index is 1.89. The van der Waals surface area contributed by atoms with Crippen LogP contribution in [0, 0.1) is 0 Å². The molecule has 0 radical (unpaired) electrons. The third-order valence-electron chi connectivity index (χ3n) is 3.43. The summed E-state index contributed by atoms with van der Waals surface area (Å²) in [6.07, 6.45) is 3.13. The van der Waals surface area contributed by atoms with E-state index >= 15 is 0 Å². The Morgan fingerprint density at radius 1 is 1.53 bits per heavy atom. The fourth-order valence-corrected chi connectivity index (χ4v) is 2.86. The first-order valence-corrected chi connectivity index (χ1v) is 7.77.